The van der Waals surface area contributed by atoms with Gasteiger partial charge in [-0.05, 0) is 36.8 Å². The maximum absolute atomic E-state index is 10.7. The fourth-order valence-corrected chi connectivity index (χ4v) is 1.83. The van der Waals surface area contributed by atoms with Crippen LogP contribution in [0, 0.1) is 0 Å². The zero-order valence-corrected chi connectivity index (χ0v) is 14.6. The summed E-state index contributed by atoms with van der Waals surface area (Å²) in [6, 6.07) is 10.7. The molecule has 0 amide bonds. The van der Waals surface area contributed by atoms with Crippen molar-refractivity contribution >= 4 is 15.7 Å². The Balaban J connectivity index is 0.000000469. The van der Waals surface area contributed by atoms with Gasteiger partial charge in [0.2, 0.25) is 0 Å². The largest absolute Gasteiger partial charge is 1.00 e. The molecule has 8 heteroatoms. The summed E-state index contributed by atoms with van der Waals surface area (Å²) in [5.41, 5.74) is -2.80. The molecule has 0 spiro atoms. The topological polar surface area (TPSA) is 57.2 Å². The molecule has 0 bridgehead atoms. The van der Waals surface area contributed by atoms with Crippen molar-refractivity contribution in [3.8, 4) is 0 Å². The predicted molar refractivity (Wildman–Crippen MR) is 77.8 cm³/mol. The minimum absolute atomic E-state index is 0. The standard InChI is InChI=1S/C14H16.CHF3O3S.Ru/c1-2-5-9-13(10-6-3-1)14-11-7-4-8-12-14;2-1(3,4)8(5,6)7;/h2,4-5,7-9,11-12H,1,3,6,10H2;(H,5,6,7);/q;;+1/p-1. The quantitative estimate of drug-likeness (QED) is 0.377. The van der Waals surface area contributed by atoms with E-state index in [2.05, 4.69) is 48.6 Å². The number of alkyl halides is 3. The van der Waals surface area contributed by atoms with Crippen LogP contribution in [-0.2, 0) is 29.6 Å². The molecule has 0 aromatic heterocycles. The van der Waals surface area contributed by atoms with Crippen molar-refractivity contribution in [2.45, 2.75) is 31.2 Å². The van der Waals surface area contributed by atoms with Gasteiger partial charge >= 0.3 is 25.0 Å². The van der Waals surface area contributed by atoms with Gasteiger partial charge in [-0.15, -0.1) is 0 Å². The number of benzene rings is 1. The van der Waals surface area contributed by atoms with E-state index in [0.717, 1.165) is 0 Å². The number of allylic oxidation sites excluding steroid dienone is 4. The van der Waals surface area contributed by atoms with Crippen LogP contribution in [0.25, 0.3) is 5.57 Å². The minimum Gasteiger partial charge on any atom is -0.741 e. The van der Waals surface area contributed by atoms with Gasteiger partial charge in [0.15, 0.2) is 10.1 Å². The summed E-state index contributed by atoms with van der Waals surface area (Å²) in [5, 5.41) is 0. The minimum atomic E-state index is -6.09. The van der Waals surface area contributed by atoms with Gasteiger partial charge in [-0.1, -0.05) is 48.6 Å². The van der Waals surface area contributed by atoms with E-state index in [1.54, 1.807) is 0 Å². The van der Waals surface area contributed by atoms with Gasteiger partial charge in [0, 0.05) is 0 Å². The summed E-state index contributed by atoms with van der Waals surface area (Å²) in [4.78, 5) is 0. The second kappa shape index (κ2) is 10.0. The van der Waals surface area contributed by atoms with Gasteiger partial charge in [-0.2, -0.15) is 13.2 Å². The van der Waals surface area contributed by atoms with E-state index >= 15 is 0 Å². The van der Waals surface area contributed by atoms with Crippen molar-refractivity contribution in [2.24, 2.45) is 0 Å². The molecule has 1 aromatic carbocycles. The first kappa shape index (κ1) is 22.0. The molecule has 3 nitrogen and oxygen atoms in total. The summed E-state index contributed by atoms with van der Waals surface area (Å²) >= 11 is 0. The molecule has 1 aromatic rings. The maximum Gasteiger partial charge on any atom is 1.00 e. The van der Waals surface area contributed by atoms with Gasteiger partial charge < -0.3 is 4.55 Å². The molecule has 0 saturated carbocycles. The van der Waals surface area contributed by atoms with Crippen molar-refractivity contribution in [3.63, 3.8) is 0 Å². The Bertz CT molecular complexity index is 623. The molecule has 1 aliphatic rings. The molecular weight excluding hydrogens is 418 g/mol. The van der Waals surface area contributed by atoms with Gasteiger partial charge in [0.1, 0.15) is 0 Å². The predicted octanol–water partition coefficient (Wildman–Crippen LogP) is 4.25. The van der Waals surface area contributed by atoms with Crippen LogP contribution in [0.5, 0.6) is 0 Å². The van der Waals surface area contributed by atoms with E-state index < -0.39 is 15.6 Å². The second-order valence-corrected chi connectivity index (χ2v) is 6.00. The third kappa shape index (κ3) is 8.44. The summed E-state index contributed by atoms with van der Waals surface area (Å²) < 4.78 is 58.9. The SMILES string of the molecule is C1=CCCCCC(c2ccccc2)=C1.O=S(=O)([O-])C(F)(F)F.[Ru+]. The van der Waals surface area contributed by atoms with E-state index in [0.29, 0.717) is 0 Å². The van der Waals surface area contributed by atoms with Crippen LogP contribution in [0.1, 0.15) is 31.2 Å². The molecule has 129 valence electrons. The summed E-state index contributed by atoms with van der Waals surface area (Å²) in [5.74, 6) is 0. The van der Waals surface area contributed by atoms with Crippen LogP contribution < -0.4 is 0 Å². The Hall–Kier alpha value is -0.977. The Labute approximate surface area is 146 Å². The maximum atomic E-state index is 10.7. The number of rotatable bonds is 1. The fraction of sp³-hybridized carbons (Fsp3) is 0.333. The average molecular weight is 434 g/mol. The van der Waals surface area contributed by atoms with Crippen molar-refractivity contribution in [2.75, 3.05) is 0 Å². The molecule has 0 saturated heterocycles. The second-order valence-electron chi connectivity index (χ2n) is 4.63. The van der Waals surface area contributed by atoms with Gasteiger partial charge in [0.25, 0.3) is 0 Å². The molecule has 0 aliphatic heterocycles. The smallest absolute Gasteiger partial charge is 0.741 e. The normalized spacial score (nSPS) is 15.2. The van der Waals surface area contributed by atoms with Crippen molar-refractivity contribution in [1.29, 1.82) is 0 Å². The Morgan fingerprint density at radius 1 is 1.04 bits per heavy atom. The van der Waals surface area contributed by atoms with Crippen LogP contribution in [0.15, 0.2) is 48.6 Å². The first-order valence-corrected chi connectivity index (χ1v) is 8.06. The first-order chi connectivity index (χ1) is 10.2. The first-order valence-electron chi connectivity index (χ1n) is 6.65. The molecule has 0 N–H and O–H groups in total. The van der Waals surface area contributed by atoms with Crippen LogP contribution in [0.3, 0.4) is 0 Å². The average Bonchev–Trinajstić information content (AvgIpc) is 2.37. The zero-order valence-electron chi connectivity index (χ0n) is 12.1. The number of halogens is 3. The third-order valence-electron chi connectivity index (χ3n) is 2.93. The monoisotopic (exact) mass is 435 g/mol. The molecular formula is C15H16F3O3RuS. The zero-order chi connectivity index (χ0) is 16.6. The molecule has 2 rings (SSSR count). The van der Waals surface area contributed by atoms with Crippen LogP contribution >= 0.6 is 0 Å². The van der Waals surface area contributed by atoms with E-state index in [1.807, 2.05) is 0 Å². The van der Waals surface area contributed by atoms with Gasteiger partial charge in [0.05, 0.1) is 0 Å². The Kier molecular flexibility index (Phi) is 9.58. The molecule has 1 aliphatic carbocycles. The molecule has 0 atom stereocenters. The van der Waals surface area contributed by atoms with E-state index in [9.17, 15) is 13.2 Å². The summed E-state index contributed by atoms with van der Waals surface area (Å²) in [6.45, 7) is 0. The molecule has 0 heterocycles. The number of hydrogen-bond acceptors (Lipinski definition) is 3. The van der Waals surface area contributed by atoms with Crippen molar-refractivity contribution < 1.29 is 45.6 Å². The van der Waals surface area contributed by atoms with E-state index in [1.165, 1.54) is 36.8 Å². The van der Waals surface area contributed by atoms with Gasteiger partial charge in [-0.3, -0.25) is 0 Å². The van der Waals surface area contributed by atoms with Crippen LogP contribution in [-0.4, -0.2) is 18.5 Å². The van der Waals surface area contributed by atoms with Gasteiger partial charge in [-0.25, -0.2) is 8.42 Å². The Morgan fingerprint density at radius 3 is 2.13 bits per heavy atom. The number of hydrogen-bond donors (Lipinski definition) is 0. The Morgan fingerprint density at radius 2 is 1.61 bits per heavy atom. The third-order valence-corrected chi connectivity index (χ3v) is 3.50. The van der Waals surface area contributed by atoms with Crippen molar-refractivity contribution in [1.82, 2.24) is 0 Å². The van der Waals surface area contributed by atoms with Crippen LogP contribution in [0.4, 0.5) is 13.2 Å². The van der Waals surface area contributed by atoms with Crippen LogP contribution in [0.2, 0.25) is 0 Å². The van der Waals surface area contributed by atoms with Crippen molar-refractivity contribution in [3.05, 3.63) is 54.1 Å². The fourth-order valence-electron chi connectivity index (χ4n) is 1.83. The molecule has 0 fully saturated rings. The molecule has 0 unspecified atom stereocenters. The summed E-state index contributed by atoms with van der Waals surface area (Å²) in [6.07, 6.45) is 11.8. The summed E-state index contributed by atoms with van der Waals surface area (Å²) in [7, 11) is -6.09. The molecule has 1 radical (unpaired) electrons. The molecule has 23 heavy (non-hydrogen) atoms. The van der Waals surface area contributed by atoms with E-state index in [4.69, 9.17) is 13.0 Å². The van der Waals surface area contributed by atoms with E-state index in [-0.39, 0.29) is 19.5 Å².